The zero-order valence-corrected chi connectivity index (χ0v) is 18.6. The molecule has 4 aromatic rings. The van der Waals surface area contributed by atoms with Gasteiger partial charge >= 0.3 is 0 Å². The molecular formula is C20H22N8S2. The summed E-state index contributed by atoms with van der Waals surface area (Å²) in [6.07, 6.45) is 5.48. The Morgan fingerprint density at radius 3 is 2.97 bits per heavy atom. The second-order valence-corrected chi connectivity index (χ2v) is 8.59. The highest BCUT2D eigenvalue weighted by Crippen LogP contribution is 2.32. The van der Waals surface area contributed by atoms with Crippen LogP contribution in [0.1, 0.15) is 17.0 Å². The Balaban J connectivity index is 1.87. The largest absolute Gasteiger partial charge is 0.328 e. The van der Waals surface area contributed by atoms with Gasteiger partial charge < -0.3 is 16.1 Å². The van der Waals surface area contributed by atoms with E-state index in [4.69, 9.17) is 10.7 Å². The smallest absolute Gasteiger partial charge is 0.181 e. The van der Waals surface area contributed by atoms with Crippen LogP contribution in [0.5, 0.6) is 0 Å². The maximum absolute atomic E-state index is 5.94. The third-order valence-corrected chi connectivity index (χ3v) is 6.11. The van der Waals surface area contributed by atoms with Crippen LogP contribution in [0.3, 0.4) is 0 Å². The van der Waals surface area contributed by atoms with Crippen LogP contribution in [-0.2, 0) is 6.54 Å². The molecule has 4 aromatic heterocycles. The minimum absolute atomic E-state index is 0.453. The lowest BCUT2D eigenvalue weighted by molar-refractivity contribution is 0.441. The number of hydrazone groups is 1. The van der Waals surface area contributed by atoms with Gasteiger partial charge in [-0.3, -0.25) is 4.40 Å². The molecule has 0 aliphatic carbocycles. The molecule has 4 rings (SSSR count). The lowest BCUT2D eigenvalue weighted by atomic mass is 10.2. The molecule has 10 heteroatoms. The predicted molar refractivity (Wildman–Crippen MR) is 126 cm³/mol. The van der Waals surface area contributed by atoms with Crippen molar-refractivity contribution in [2.75, 3.05) is 19.4 Å². The first-order valence-corrected chi connectivity index (χ1v) is 10.9. The number of hydrogen-bond acceptors (Lipinski definition) is 9. The van der Waals surface area contributed by atoms with Gasteiger partial charge in [0.05, 0.1) is 34.4 Å². The summed E-state index contributed by atoms with van der Waals surface area (Å²) < 4.78 is 6.33. The lowest BCUT2D eigenvalue weighted by Gasteiger charge is -2.10. The van der Waals surface area contributed by atoms with E-state index in [-0.39, 0.29) is 0 Å². The van der Waals surface area contributed by atoms with Gasteiger partial charge in [-0.05, 0) is 41.5 Å². The number of allylic oxidation sites excluding steroid dienone is 1. The van der Waals surface area contributed by atoms with E-state index in [1.165, 1.54) is 11.5 Å². The maximum Gasteiger partial charge on any atom is 0.181 e. The zero-order valence-electron chi connectivity index (χ0n) is 17.0. The second kappa shape index (κ2) is 8.34. The summed E-state index contributed by atoms with van der Waals surface area (Å²) >= 11 is 3.01. The number of nitrogens with one attached hydrogen (secondary N) is 1. The van der Waals surface area contributed by atoms with E-state index in [1.807, 2.05) is 49.1 Å². The highest BCUT2D eigenvalue weighted by Gasteiger charge is 2.17. The van der Waals surface area contributed by atoms with Crippen molar-refractivity contribution < 1.29 is 0 Å². The van der Waals surface area contributed by atoms with Crippen molar-refractivity contribution >= 4 is 51.1 Å². The fourth-order valence-electron chi connectivity index (χ4n) is 2.93. The van der Waals surface area contributed by atoms with E-state index in [1.54, 1.807) is 28.8 Å². The first kappa shape index (κ1) is 20.2. The minimum Gasteiger partial charge on any atom is -0.328 e. The fraction of sp³-hybridized carbons (Fsp3) is 0.200. The molecule has 3 N–H and O–H groups in total. The number of rotatable bonds is 7. The quantitative estimate of drug-likeness (QED) is 0.335. The van der Waals surface area contributed by atoms with Gasteiger partial charge in [0.2, 0.25) is 0 Å². The molecule has 0 spiro atoms. The average Bonchev–Trinajstić information content (AvgIpc) is 3.45. The Morgan fingerprint density at radius 1 is 1.43 bits per heavy atom. The van der Waals surface area contributed by atoms with Gasteiger partial charge in [0, 0.05) is 32.4 Å². The van der Waals surface area contributed by atoms with Crippen molar-refractivity contribution in [3.63, 3.8) is 0 Å². The zero-order chi connectivity index (χ0) is 21.3. The molecule has 0 radical (unpaired) electrons. The molecule has 8 nitrogen and oxygen atoms in total. The highest BCUT2D eigenvalue weighted by atomic mass is 32.1. The summed E-state index contributed by atoms with van der Waals surface area (Å²) in [6, 6.07) is 4.02. The van der Waals surface area contributed by atoms with Crippen LogP contribution in [0.15, 0.2) is 41.6 Å². The maximum atomic E-state index is 5.94. The molecule has 0 aliphatic rings. The Hall–Kier alpha value is -3.08. The number of thiophene rings is 1. The Labute approximate surface area is 182 Å². The molecule has 0 aliphatic heterocycles. The highest BCUT2D eigenvalue weighted by molar-refractivity contribution is 7.13. The van der Waals surface area contributed by atoms with Gasteiger partial charge in [0.25, 0.3) is 0 Å². The van der Waals surface area contributed by atoms with E-state index in [0.29, 0.717) is 18.0 Å². The molecule has 0 unspecified atom stereocenters. The molecule has 4 heterocycles. The van der Waals surface area contributed by atoms with Gasteiger partial charge in [0.15, 0.2) is 11.5 Å². The number of nitrogens with zero attached hydrogens (tertiary/aromatic N) is 6. The molecule has 154 valence electrons. The van der Waals surface area contributed by atoms with E-state index in [0.717, 1.165) is 38.1 Å². The van der Waals surface area contributed by atoms with Crippen LogP contribution in [0.2, 0.25) is 0 Å². The normalized spacial score (nSPS) is 11.5. The summed E-state index contributed by atoms with van der Waals surface area (Å²) in [4.78, 5) is 10.5. The van der Waals surface area contributed by atoms with Crippen molar-refractivity contribution in [2.24, 2.45) is 10.8 Å². The number of hydrogen-bond donors (Lipinski definition) is 2. The number of aromatic nitrogens is 4. The van der Waals surface area contributed by atoms with Crippen LogP contribution in [0, 0.1) is 6.92 Å². The number of anilines is 2. The van der Waals surface area contributed by atoms with E-state index < -0.39 is 0 Å². The summed E-state index contributed by atoms with van der Waals surface area (Å²) in [6.45, 7) is 6.57. The molecule has 30 heavy (non-hydrogen) atoms. The van der Waals surface area contributed by atoms with E-state index in [9.17, 15) is 0 Å². The number of nitrogens with two attached hydrogens (primary N) is 1. The minimum atomic E-state index is 0.453. The first-order valence-electron chi connectivity index (χ1n) is 9.22. The van der Waals surface area contributed by atoms with Crippen molar-refractivity contribution in [1.82, 2.24) is 23.8 Å². The summed E-state index contributed by atoms with van der Waals surface area (Å²) in [5, 5.41) is 12.3. The van der Waals surface area contributed by atoms with Crippen LogP contribution in [0.4, 0.5) is 10.8 Å². The third kappa shape index (κ3) is 3.97. The second-order valence-electron chi connectivity index (χ2n) is 6.87. The SMILES string of the molecule is C=C(/C=N\N(C)C)c1cnc2c(Nc3cc(C)ns3)nc(-c3sccc3CN)cn12. The summed E-state index contributed by atoms with van der Waals surface area (Å²) in [5.41, 5.74) is 11.1. The number of imidazole rings is 1. The van der Waals surface area contributed by atoms with Crippen LogP contribution in [0.25, 0.3) is 21.8 Å². The Bertz CT molecular complexity index is 1230. The van der Waals surface area contributed by atoms with Gasteiger partial charge in [-0.2, -0.15) is 9.47 Å². The van der Waals surface area contributed by atoms with Gasteiger partial charge in [-0.15, -0.1) is 11.3 Å². The van der Waals surface area contributed by atoms with Crippen LogP contribution < -0.4 is 11.1 Å². The van der Waals surface area contributed by atoms with Crippen molar-refractivity contribution in [3.8, 4) is 10.6 Å². The molecular weight excluding hydrogens is 416 g/mol. The van der Waals surface area contributed by atoms with Crippen molar-refractivity contribution in [3.05, 3.63) is 53.4 Å². The fourth-order valence-corrected chi connectivity index (χ4v) is 4.48. The van der Waals surface area contributed by atoms with Gasteiger partial charge in [-0.25, -0.2) is 9.97 Å². The van der Waals surface area contributed by atoms with Crippen molar-refractivity contribution in [2.45, 2.75) is 13.5 Å². The topological polar surface area (TPSA) is 96.7 Å². The standard InChI is InChI=1S/C20H22N8S2/c1-12(9-23-27(3)4)16-10-22-20-19(25-17-7-13(2)26-30-17)24-15(11-28(16)20)18-14(8-21)5-6-29-18/h5-7,9-11H,1,8,21H2,2-4H3,(H,24,25)/b23-9-. The average molecular weight is 439 g/mol. The molecule has 0 fully saturated rings. The van der Waals surface area contributed by atoms with Crippen molar-refractivity contribution in [1.29, 1.82) is 0 Å². The first-order chi connectivity index (χ1) is 14.5. The molecule has 0 saturated heterocycles. The Kier molecular flexibility index (Phi) is 5.62. The molecule has 0 atom stereocenters. The number of fused-ring (bicyclic) bond motifs is 1. The van der Waals surface area contributed by atoms with Gasteiger partial charge in [-0.1, -0.05) is 6.58 Å². The molecule has 0 saturated carbocycles. The van der Waals surface area contributed by atoms with E-state index >= 15 is 0 Å². The number of aryl methyl sites for hydroxylation is 1. The molecule has 0 bridgehead atoms. The van der Waals surface area contributed by atoms with Crippen LogP contribution in [-0.4, -0.2) is 44.1 Å². The molecule has 0 aromatic carbocycles. The van der Waals surface area contributed by atoms with Gasteiger partial charge in [0.1, 0.15) is 5.00 Å². The Morgan fingerprint density at radius 2 is 2.27 bits per heavy atom. The lowest BCUT2D eigenvalue weighted by Crippen LogP contribution is -2.04. The van der Waals surface area contributed by atoms with Crippen LogP contribution >= 0.6 is 22.9 Å². The predicted octanol–water partition coefficient (Wildman–Crippen LogP) is 3.99. The summed E-state index contributed by atoms with van der Waals surface area (Å²) in [5.74, 6) is 0.649. The monoisotopic (exact) mass is 438 g/mol. The van der Waals surface area contributed by atoms with E-state index in [2.05, 4.69) is 26.4 Å². The molecule has 0 amide bonds. The summed E-state index contributed by atoms with van der Waals surface area (Å²) in [7, 11) is 3.73. The third-order valence-electron chi connectivity index (χ3n) is 4.33.